The van der Waals surface area contributed by atoms with Crippen molar-refractivity contribution in [3.8, 4) is 5.82 Å². The standard InChI is InChI=1S/C15H22N6/c1-10(2)7-20-5-4-13-12(8-20)15(16)21(19-13)14-6-11(3)17-9-18-14/h6,9-10H,4-5,7-8,16H2,1-3H3. The maximum atomic E-state index is 6.31. The Morgan fingerprint density at radius 2 is 2.14 bits per heavy atom. The monoisotopic (exact) mass is 286 g/mol. The lowest BCUT2D eigenvalue weighted by Crippen LogP contribution is -2.33. The van der Waals surface area contributed by atoms with Gasteiger partial charge in [-0.1, -0.05) is 13.8 Å². The number of hydrogen-bond donors (Lipinski definition) is 1. The fourth-order valence-corrected chi connectivity index (χ4v) is 2.85. The number of nitrogens with two attached hydrogens (primary N) is 1. The Hall–Kier alpha value is -1.95. The molecule has 3 heterocycles. The molecule has 2 aromatic rings. The van der Waals surface area contributed by atoms with Gasteiger partial charge in [0.2, 0.25) is 0 Å². The molecule has 0 aliphatic carbocycles. The van der Waals surface area contributed by atoms with Crippen LogP contribution in [0.2, 0.25) is 0 Å². The van der Waals surface area contributed by atoms with E-state index in [1.807, 2.05) is 13.0 Å². The van der Waals surface area contributed by atoms with Gasteiger partial charge in [0, 0.05) is 43.4 Å². The van der Waals surface area contributed by atoms with Crippen molar-refractivity contribution in [1.29, 1.82) is 0 Å². The number of aryl methyl sites for hydroxylation is 1. The highest BCUT2D eigenvalue weighted by atomic mass is 15.4. The third kappa shape index (κ3) is 2.76. The Bertz CT molecular complexity index is 646. The van der Waals surface area contributed by atoms with Crippen molar-refractivity contribution in [2.24, 2.45) is 5.92 Å². The number of rotatable bonds is 3. The van der Waals surface area contributed by atoms with E-state index in [0.29, 0.717) is 11.7 Å². The van der Waals surface area contributed by atoms with Crippen LogP contribution in [-0.2, 0) is 13.0 Å². The van der Waals surface area contributed by atoms with Crippen LogP contribution in [0.4, 0.5) is 5.82 Å². The van der Waals surface area contributed by atoms with Gasteiger partial charge in [0.1, 0.15) is 12.1 Å². The third-order valence-electron chi connectivity index (χ3n) is 3.78. The second-order valence-electron chi connectivity index (χ2n) is 6.12. The summed E-state index contributed by atoms with van der Waals surface area (Å²) in [5, 5.41) is 4.65. The second-order valence-corrected chi connectivity index (χ2v) is 6.12. The van der Waals surface area contributed by atoms with Gasteiger partial charge >= 0.3 is 0 Å². The van der Waals surface area contributed by atoms with Gasteiger partial charge in [0.15, 0.2) is 5.82 Å². The molecule has 0 bridgehead atoms. The minimum Gasteiger partial charge on any atom is -0.383 e. The predicted molar refractivity (Wildman–Crippen MR) is 82.1 cm³/mol. The van der Waals surface area contributed by atoms with E-state index in [1.54, 1.807) is 11.0 Å². The minimum absolute atomic E-state index is 0.660. The zero-order chi connectivity index (χ0) is 15.0. The summed E-state index contributed by atoms with van der Waals surface area (Å²) >= 11 is 0. The first-order valence-electron chi connectivity index (χ1n) is 7.42. The van der Waals surface area contributed by atoms with Crippen LogP contribution in [0.1, 0.15) is 30.8 Å². The van der Waals surface area contributed by atoms with Crippen LogP contribution in [0.5, 0.6) is 0 Å². The molecule has 0 amide bonds. The Balaban J connectivity index is 1.92. The lowest BCUT2D eigenvalue weighted by Gasteiger charge is -2.27. The van der Waals surface area contributed by atoms with Crippen LogP contribution in [0.3, 0.4) is 0 Å². The molecule has 0 spiro atoms. The van der Waals surface area contributed by atoms with Crippen molar-refractivity contribution in [1.82, 2.24) is 24.6 Å². The number of aromatic nitrogens is 4. The van der Waals surface area contributed by atoms with Crippen molar-refractivity contribution < 1.29 is 0 Å². The summed E-state index contributed by atoms with van der Waals surface area (Å²) in [7, 11) is 0. The lowest BCUT2D eigenvalue weighted by atomic mass is 10.1. The van der Waals surface area contributed by atoms with E-state index in [2.05, 4.69) is 33.8 Å². The Labute approximate surface area is 125 Å². The molecule has 0 saturated carbocycles. The average molecular weight is 286 g/mol. The summed E-state index contributed by atoms with van der Waals surface area (Å²) in [6.45, 7) is 9.44. The average Bonchev–Trinajstić information content (AvgIpc) is 2.75. The molecule has 3 rings (SSSR count). The zero-order valence-corrected chi connectivity index (χ0v) is 12.9. The fraction of sp³-hybridized carbons (Fsp3) is 0.533. The molecule has 1 aliphatic rings. The van der Waals surface area contributed by atoms with E-state index in [0.717, 1.165) is 48.8 Å². The second kappa shape index (κ2) is 5.44. The van der Waals surface area contributed by atoms with Gasteiger partial charge in [-0.25, -0.2) is 9.97 Å². The van der Waals surface area contributed by atoms with E-state index in [-0.39, 0.29) is 0 Å². The van der Waals surface area contributed by atoms with Crippen molar-refractivity contribution in [2.45, 2.75) is 33.7 Å². The summed E-state index contributed by atoms with van der Waals surface area (Å²) in [6.07, 6.45) is 2.50. The van der Waals surface area contributed by atoms with E-state index < -0.39 is 0 Å². The van der Waals surface area contributed by atoms with Crippen molar-refractivity contribution in [3.63, 3.8) is 0 Å². The van der Waals surface area contributed by atoms with E-state index in [9.17, 15) is 0 Å². The van der Waals surface area contributed by atoms with Gasteiger partial charge in [-0.05, 0) is 12.8 Å². The van der Waals surface area contributed by atoms with E-state index in [4.69, 9.17) is 5.73 Å². The van der Waals surface area contributed by atoms with Gasteiger partial charge in [0.05, 0.1) is 5.69 Å². The highest BCUT2D eigenvalue weighted by molar-refractivity contribution is 5.49. The topological polar surface area (TPSA) is 72.9 Å². The minimum atomic E-state index is 0.660. The Morgan fingerprint density at radius 3 is 2.86 bits per heavy atom. The SMILES string of the molecule is Cc1cc(-n2nc3c(c2N)CN(CC(C)C)CC3)ncn1. The van der Waals surface area contributed by atoms with Gasteiger partial charge < -0.3 is 5.73 Å². The van der Waals surface area contributed by atoms with Crippen molar-refractivity contribution in [2.75, 3.05) is 18.8 Å². The molecule has 2 aromatic heterocycles. The van der Waals surface area contributed by atoms with Gasteiger partial charge in [-0.2, -0.15) is 9.78 Å². The molecule has 0 saturated heterocycles. The van der Waals surface area contributed by atoms with Crippen molar-refractivity contribution >= 4 is 5.82 Å². The lowest BCUT2D eigenvalue weighted by molar-refractivity contribution is 0.226. The van der Waals surface area contributed by atoms with Gasteiger partial charge in [0.25, 0.3) is 0 Å². The normalized spacial score (nSPS) is 15.4. The Kier molecular flexibility index (Phi) is 3.63. The Morgan fingerprint density at radius 1 is 1.33 bits per heavy atom. The summed E-state index contributed by atoms with van der Waals surface area (Å²) in [4.78, 5) is 10.8. The predicted octanol–water partition coefficient (Wildman–Crippen LogP) is 1.57. The molecule has 0 radical (unpaired) electrons. The van der Waals surface area contributed by atoms with Crippen LogP contribution in [0, 0.1) is 12.8 Å². The molecule has 112 valence electrons. The first kappa shape index (κ1) is 14.0. The molecular weight excluding hydrogens is 264 g/mol. The molecule has 6 nitrogen and oxygen atoms in total. The van der Waals surface area contributed by atoms with Gasteiger partial charge in [-0.15, -0.1) is 0 Å². The zero-order valence-electron chi connectivity index (χ0n) is 12.9. The molecule has 0 fully saturated rings. The summed E-state index contributed by atoms with van der Waals surface area (Å²) in [5.74, 6) is 2.11. The van der Waals surface area contributed by atoms with Crippen LogP contribution in [0.15, 0.2) is 12.4 Å². The summed E-state index contributed by atoms with van der Waals surface area (Å²) in [5.41, 5.74) is 9.48. The highest BCUT2D eigenvalue weighted by Gasteiger charge is 2.24. The van der Waals surface area contributed by atoms with Crippen LogP contribution >= 0.6 is 0 Å². The number of nitrogens with zero attached hydrogens (tertiary/aromatic N) is 5. The van der Waals surface area contributed by atoms with Crippen LogP contribution < -0.4 is 5.73 Å². The molecule has 21 heavy (non-hydrogen) atoms. The third-order valence-corrected chi connectivity index (χ3v) is 3.78. The number of anilines is 1. The van der Waals surface area contributed by atoms with Crippen LogP contribution in [-0.4, -0.2) is 37.7 Å². The highest BCUT2D eigenvalue weighted by Crippen LogP contribution is 2.26. The molecule has 0 unspecified atom stereocenters. The quantitative estimate of drug-likeness (QED) is 0.927. The van der Waals surface area contributed by atoms with Crippen molar-refractivity contribution in [3.05, 3.63) is 29.3 Å². The largest absolute Gasteiger partial charge is 0.383 e. The first-order valence-corrected chi connectivity index (χ1v) is 7.42. The molecule has 1 aliphatic heterocycles. The molecule has 6 heteroatoms. The maximum absolute atomic E-state index is 6.31. The van der Waals surface area contributed by atoms with Crippen LogP contribution in [0.25, 0.3) is 5.82 Å². The van der Waals surface area contributed by atoms with Gasteiger partial charge in [-0.3, -0.25) is 4.90 Å². The van der Waals surface area contributed by atoms with E-state index >= 15 is 0 Å². The number of nitrogen functional groups attached to an aromatic ring is 1. The number of hydrogen-bond acceptors (Lipinski definition) is 5. The molecule has 0 atom stereocenters. The molecule has 2 N–H and O–H groups in total. The van der Waals surface area contributed by atoms with E-state index in [1.165, 1.54) is 0 Å². The first-order chi connectivity index (χ1) is 10.0. The smallest absolute Gasteiger partial charge is 0.159 e. The fourth-order valence-electron chi connectivity index (χ4n) is 2.85. The molecular formula is C15H22N6. The molecule has 0 aromatic carbocycles. The summed E-state index contributed by atoms with van der Waals surface area (Å²) in [6, 6.07) is 1.90. The maximum Gasteiger partial charge on any atom is 0.159 e. The number of fused-ring (bicyclic) bond motifs is 1. The summed E-state index contributed by atoms with van der Waals surface area (Å²) < 4.78 is 1.75.